The smallest absolute Gasteiger partial charge is 0.123 e. The standard InChI is InChI=1S/C14H15BrO2/c1-3-17-13-5-4-10(2)8-12(13)14(15)11-6-7-16-9-11/h4-9,14H,3H2,1-2H3. The van der Waals surface area contributed by atoms with Crippen molar-refractivity contribution in [1.29, 1.82) is 0 Å². The highest BCUT2D eigenvalue weighted by molar-refractivity contribution is 9.09. The quantitative estimate of drug-likeness (QED) is 0.776. The second kappa shape index (κ2) is 5.41. The van der Waals surface area contributed by atoms with Gasteiger partial charge in [0.15, 0.2) is 0 Å². The molecular formula is C14H15BrO2. The second-order valence-electron chi connectivity index (χ2n) is 3.89. The molecule has 0 fully saturated rings. The lowest BCUT2D eigenvalue weighted by molar-refractivity contribution is 0.337. The van der Waals surface area contributed by atoms with Crippen molar-refractivity contribution < 1.29 is 9.15 Å². The first-order chi connectivity index (χ1) is 8.22. The lowest BCUT2D eigenvalue weighted by Gasteiger charge is -2.15. The number of rotatable bonds is 4. The van der Waals surface area contributed by atoms with Gasteiger partial charge >= 0.3 is 0 Å². The van der Waals surface area contributed by atoms with Crippen LogP contribution in [0.2, 0.25) is 0 Å². The molecule has 2 nitrogen and oxygen atoms in total. The summed E-state index contributed by atoms with van der Waals surface area (Å²) in [5.74, 6) is 0.918. The average molecular weight is 295 g/mol. The van der Waals surface area contributed by atoms with Gasteiger partial charge in [0.25, 0.3) is 0 Å². The normalized spacial score (nSPS) is 12.4. The largest absolute Gasteiger partial charge is 0.494 e. The summed E-state index contributed by atoms with van der Waals surface area (Å²) in [6.45, 7) is 4.74. The molecular weight excluding hydrogens is 280 g/mol. The van der Waals surface area contributed by atoms with Crippen molar-refractivity contribution >= 4 is 15.9 Å². The summed E-state index contributed by atoms with van der Waals surface area (Å²) in [7, 11) is 0. The van der Waals surface area contributed by atoms with Crippen LogP contribution in [0.4, 0.5) is 0 Å². The predicted octanol–water partition coefficient (Wildman–Crippen LogP) is 4.47. The van der Waals surface area contributed by atoms with E-state index in [-0.39, 0.29) is 4.83 Å². The number of halogens is 1. The lowest BCUT2D eigenvalue weighted by Crippen LogP contribution is -1.99. The Kier molecular flexibility index (Phi) is 3.89. The van der Waals surface area contributed by atoms with Crippen LogP contribution >= 0.6 is 15.9 Å². The number of aryl methyl sites for hydroxylation is 1. The summed E-state index contributed by atoms with van der Waals surface area (Å²) in [5.41, 5.74) is 3.45. The molecule has 0 aliphatic rings. The number of hydrogen-bond acceptors (Lipinski definition) is 2. The molecule has 0 saturated heterocycles. The third-order valence-electron chi connectivity index (χ3n) is 2.57. The molecule has 1 heterocycles. The molecule has 1 atom stereocenters. The van der Waals surface area contributed by atoms with Gasteiger partial charge in [0.1, 0.15) is 5.75 Å². The zero-order chi connectivity index (χ0) is 12.3. The summed E-state index contributed by atoms with van der Waals surface area (Å²) in [6.07, 6.45) is 3.43. The van der Waals surface area contributed by atoms with Crippen molar-refractivity contribution in [2.45, 2.75) is 18.7 Å². The molecule has 1 aromatic heterocycles. The van der Waals surface area contributed by atoms with Gasteiger partial charge in [-0.15, -0.1) is 0 Å². The fraction of sp³-hybridized carbons (Fsp3) is 0.286. The van der Waals surface area contributed by atoms with Gasteiger partial charge in [0.05, 0.1) is 24.0 Å². The topological polar surface area (TPSA) is 22.4 Å². The summed E-state index contributed by atoms with van der Waals surface area (Å²) < 4.78 is 10.8. The van der Waals surface area contributed by atoms with Crippen LogP contribution in [0, 0.1) is 6.92 Å². The first-order valence-electron chi connectivity index (χ1n) is 5.62. The van der Waals surface area contributed by atoms with Crippen LogP contribution in [0.15, 0.2) is 41.2 Å². The Labute approximate surface area is 110 Å². The van der Waals surface area contributed by atoms with Gasteiger partial charge < -0.3 is 9.15 Å². The van der Waals surface area contributed by atoms with Crippen molar-refractivity contribution in [3.63, 3.8) is 0 Å². The first kappa shape index (κ1) is 12.2. The van der Waals surface area contributed by atoms with E-state index >= 15 is 0 Å². The van der Waals surface area contributed by atoms with Gasteiger partial charge in [-0.3, -0.25) is 0 Å². The molecule has 0 aliphatic carbocycles. The van der Waals surface area contributed by atoms with Crippen LogP contribution in [0.5, 0.6) is 5.75 Å². The van der Waals surface area contributed by atoms with E-state index < -0.39 is 0 Å². The third-order valence-corrected chi connectivity index (χ3v) is 3.60. The minimum atomic E-state index is 0.0997. The molecule has 90 valence electrons. The fourth-order valence-electron chi connectivity index (χ4n) is 1.75. The van der Waals surface area contributed by atoms with Gasteiger partial charge in [-0.2, -0.15) is 0 Å². The van der Waals surface area contributed by atoms with E-state index in [2.05, 4.69) is 35.0 Å². The van der Waals surface area contributed by atoms with Gasteiger partial charge in [0, 0.05) is 11.1 Å². The first-order valence-corrected chi connectivity index (χ1v) is 6.53. The van der Waals surface area contributed by atoms with E-state index in [9.17, 15) is 0 Å². The Morgan fingerprint density at radius 3 is 2.82 bits per heavy atom. The Morgan fingerprint density at radius 1 is 1.35 bits per heavy atom. The molecule has 2 aromatic rings. The van der Waals surface area contributed by atoms with Crippen molar-refractivity contribution in [2.75, 3.05) is 6.61 Å². The summed E-state index contributed by atoms with van der Waals surface area (Å²) in [6, 6.07) is 8.17. The SMILES string of the molecule is CCOc1ccc(C)cc1C(Br)c1ccoc1. The lowest BCUT2D eigenvalue weighted by atomic mass is 10.0. The van der Waals surface area contributed by atoms with Crippen LogP contribution in [0.25, 0.3) is 0 Å². The van der Waals surface area contributed by atoms with Gasteiger partial charge in [-0.25, -0.2) is 0 Å². The maximum atomic E-state index is 5.65. The van der Waals surface area contributed by atoms with E-state index in [1.807, 2.05) is 19.1 Å². The monoisotopic (exact) mass is 294 g/mol. The summed E-state index contributed by atoms with van der Waals surface area (Å²) >= 11 is 3.69. The molecule has 2 rings (SSSR count). The Hall–Kier alpha value is -1.22. The van der Waals surface area contributed by atoms with Crippen molar-refractivity contribution in [1.82, 2.24) is 0 Å². The summed E-state index contributed by atoms with van der Waals surface area (Å²) in [4.78, 5) is 0.0997. The van der Waals surface area contributed by atoms with Gasteiger partial charge in [-0.1, -0.05) is 33.6 Å². The fourth-order valence-corrected chi connectivity index (χ4v) is 2.37. The van der Waals surface area contributed by atoms with Crippen molar-refractivity contribution in [3.05, 3.63) is 53.5 Å². The number of ether oxygens (including phenoxy) is 1. The number of hydrogen-bond donors (Lipinski definition) is 0. The second-order valence-corrected chi connectivity index (χ2v) is 4.81. The highest BCUT2D eigenvalue weighted by Gasteiger charge is 2.16. The molecule has 1 aromatic carbocycles. The number of furan rings is 1. The Morgan fingerprint density at radius 2 is 2.18 bits per heavy atom. The van der Waals surface area contributed by atoms with Crippen LogP contribution in [0.1, 0.15) is 28.4 Å². The predicted molar refractivity (Wildman–Crippen MR) is 71.8 cm³/mol. The molecule has 0 radical (unpaired) electrons. The Bertz CT molecular complexity index is 477. The molecule has 17 heavy (non-hydrogen) atoms. The molecule has 0 bridgehead atoms. The highest BCUT2D eigenvalue weighted by atomic mass is 79.9. The molecule has 0 amide bonds. The van der Waals surface area contributed by atoms with E-state index in [0.29, 0.717) is 6.61 Å². The maximum absolute atomic E-state index is 5.65. The zero-order valence-electron chi connectivity index (χ0n) is 9.94. The maximum Gasteiger partial charge on any atom is 0.123 e. The van der Waals surface area contributed by atoms with Gasteiger partial charge in [0.2, 0.25) is 0 Å². The molecule has 0 N–H and O–H groups in total. The van der Waals surface area contributed by atoms with Crippen LogP contribution < -0.4 is 4.74 Å². The average Bonchev–Trinajstić information content (AvgIpc) is 2.84. The minimum absolute atomic E-state index is 0.0997. The van der Waals surface area contributed by atoms with Crippen LogP contribution in [-0.2, 0) is 0 Å². The zero-order valence-corrected chi connectivity index (χ0v) is 11.5. The third kappa shape index (κ3) is 2.72. The Balaban J connectivity index is 2.38. The van der Waals surface area contributed by atoms with Crippen LogP contribution in [-0.4, -0.2) is 6.61 Å². The molecule has 0 aliphatic heterocycles. The molecule has 1 unspecified atom stereocenters. The van der Waals surface area contributed by atoms with E-state index in [4.69, 9.17) is 9.15 Å². The van der Waals surface area contributed by atoms with Gasteiger partial charge in [-0.05, 0) is 26.0 Å². The molecule has 0 saturated carbocycles. The minimum Gasteiger partial charge on any atom is -0.494 e. The van der Waals surface area contributed by atoms with Crippen molar-refractivity contribution in [3.8, 4) is 5.75 Å². The van der Waals surface area contributed by atoms with E-state index in [1.54, 1.807) is 12.5 Å². The van der Waals surface area contributed by atoms with E-state index in [0.717, 1.165) is 16.9 Å². The number of benzene rings is 1. The van der Waals surface area contributed by atoms with Crippen molar-refractivity contribution in [2.24, 2.45) is 0 Å². The summed E-state index contributed by atoms with van der Waals surface area (Å²) in [5, 5.41) is 0. The molecule has 3 heteroatoms. The molecule has 0 spiro atoms. The van der Waals surface area contributed by atoms with E-state index in [1.165, 1.54) is 5.56 Å². The highest BCUT2D eigenvalue weighted by Crippen LogP contribution is 2.37. The number of alkyl halides is 1. The van der Waals surface area contributed by atoms with Crippen LogP contribution in [0.3, 0.4) is 0 Å².